The molecular weight excluding hydrogens is 406 g/mol. The molecule has 5 atom stereocenters. The Hall–Kier alpha value is -2.42. The molecule has 0 aliphatic heterocycles. The molecule has 4 saturated carbocycles. The number of nitrogens with two attached hydrogens (primary N) is 1. The Morgan fingerprint density at radius 3 is 2.47 bits per heavy atom. The lowest BCUT2D eigenvalue weighted by atomic mass is 9.47. The summed E-state index contributed by atoms with van der Waals surface area (Å²) in [5.74, 6) is -0.801. The van der Waals surface area contributed by atoms with Gasteiger partial charge in [0.15, 0.2) is 6.10 Å². The predicted octanol–water partition coefficient (Wildman–Crippen LogP) is 2.19. The number of nitrogens with one attached hydrogen (secondary N) is 2. The summed E-state index contributed by atoms with van der Waals surface area (Å²) in [6.07, 6.45) is 3.94. The minimum absolute atomic E-state index is 0.0746. The summed E-state index contributed by atoms with van der Waals surface area (Å²) < 4.78 is 5.62. The third kappa shape index (κ3) is 3.71. The van der Waals surface area contributed by atoms with Crippen LogP contribution in [0.25, 0.3) is 0 Å². The number of carbonyl (C=O) groups excluding carboxylic acids is 4. The number of rotatable bonds is 6. The van der Waals surface area contributed by atoms with Crippen LogP contribution in [0.4, 0.5) is 5.00 Å². The SMILES string of the molecule is CC(=O)NC12C[C@H]3C[C@@H](C1)CC(C(=O)O[C@@H](C)C(=O)Nc1sccc1C(N)=O)(C3)C2. The molecule has 4 bridgehead atoms. The van der Waals surface area contributed by atoms with Gasteiger partial charge in [-0.15, -0.1) is 11.3 Å². The third-order valence-corrected chi connectivity index (χ3v) is 7.59. The summed E-state index contributed by atoms with van der Waals surface area (Å²) in [5.41, 5.74) is 4.55. The van der Waals surface area contributed by atoms with Gasteiger partial charge >= 0.3 is 5.97 Å². The molecule has 162 valence electrons. The molecule has 1 heterocycles. The molecular formula is C21H27N3O5S. The lowest BCUT2D eigenvalue weighted by Crippen LogP contribution is -2.65. The maximum Gasteiger partial charge on any atom is 0.312 e. The van der Waals surface area contributed by atoms with Crippen LogP contribution in [0.2, 0.25) is 0 Å². The largest absolute Gasteiger partial charge is 0.452 e. The summed E-state index contributed by atoms with van der Waals surface area (Å²) in [5, 5.41) is 7.75. The Morgan fingerprint density at radius 2 is 1.87 bits per heavy atom. The van der Waals surface area contributed by atoms with Gasteiger partial charge in [-0.1, -0.05) is 0 Å². The number of hydrogen-bond acceptors (Lipinski definition) is 6. The highest BCUT2D eigenvalue weighted by atomic mass is 32.1. The van der Waals surface area contributed by atoms with Crippen LogP contribution in [0.3, 0.4) is 0 Å². The van der Waals surface area contributed by atoms with Crippen LogP contribution in [0, 0.1) is 17.3 Å². The highest BCUT2D eigenvalue weighted by molar-refractivity contribution is 7.14. The van der Waals surface area contributed by atoms with E-state index in [1.807, 2.05) is 0 Å². The topological polar surface area (TPSA) is 128 Å². The number of ether oxygens (including phenoxy) is 1. The van der Waals surface area contributed by atoms with Crippen molar-refractivity contribution in [3.8, 4) is 0 Å². The zero-order chi connectivity index (χ0) is 21.7. The zero-order valence-electron chi connectivity index (χ0n) is 17.2. The van der Waals surface area contributed by atoms with Gasteiger partial charge in [0.05, 0.1) is 11.0 Å². The third-order valence-electron chi connectivity index (χ3n) is 6.76. The Kier molecular flexibility index (Phi) is 5.12. The normalized spacial score (nSPS) is 32.3. The van der Waals surface area contributed by atoms with Gasteiger partial charge in [-0.25, -0.2) is 0 Å². The predicted molar refractivity (Wildman–Crippen MR) is 111 cm³/mol. The highest BCUT2D eigenvalue weighted by Gasteiger charge is 2.61. The lowest BCUT2D eigenvalue weighted by Gasteiger charge is -2.60. The standard InChI is InChI=1S/C21H27N3O5S/c1-11(17(27)23-18-15(16(22)26)3-4-30-18)29-19(28)20-6-13-5-14(7-20)9-21(8-13,10-20)24-12(2)25/h3-4,11,13-14H,5-10H2,1-2H3,(H2,22,26)(H,23,27)(H,24,25)/t11-,13-,14+,20?,21?/m0/s1. The first kappa shape index (κ1) is 20.8. The summed E-state index contributed by atoms with van der Waals surface area (Å²) in [6.45, 7) is 3.04. The minimum Gasteiger partial charge on any atom is -0.452 e. The average molecular weight is 434 g/mol. The average Bonchev–Trinajstić information content (AvgIpc) is 3.07. The smallest absolute Gasteiger partial charge is 0.312 e. The van der Waals surface area contributed by atoms with Gasteiger partial charge in [-0.05, 0) is 68.7 Å². The molecule has 0 spiro atoms. The van der Waals surface area contributed by atoms with Gasteiger partial charge in [0, 0.05) is 12.5 Å². The van der Waals surface area contributed by atoms with Crippen molar-refractivity contribution in [2.24, 2.45) is 23.0 Å². The molecule has 4 N–H and O–H groups in total. The summed E-state index contributed by atoms with van der Waals surface area (Å²) in [7, 11) is 0. The van der Waals surface area contributed by atoms with Crippen molar-refractivity contribution in [2.45, 2.75) is 64.0 Å². The highest BCUT2D eigenvalue weighted by Crippen LogP contribution is 2.62. The van der Waals surface area contributed by atoms with Crippen molar-refractivity contribution >= 4 is 40.0 Å². The maximum absolute atomic E-state index is 13.2. The van der Waals surface area contributed by atoms with E-state index in [2.05, 4.69) is 10.6 Å². The Morgan fingerprint density at radius 1 is 1.20 bits per heavy atom. The van der Waals surface area contributed by atoms with E-state index in [0.29, 0.717) is 23.3 Å². The zero-order valence-corrected chi connectivity index (χ0v) is 18.0. The molecule has 0 radical (unpaired) electrons. The number of hydrogen-bond donors (Lipinski definition) is 3. The number of primary amides is 1. The fraction of sp³-hybridized carbons (Fsp3) is 0.619. The number of carbonyl (C=O) groups is 4. The molecule has 4 aliphatic carbocycles. The van der Waals surface area contributed by atoms with Crippen LogP contribution >= 0.6 is 11.3 Å². The van der Waals surface area contributed by atoms with Crippen LogP contribution < -0.4 is 16.4 Å². The van der Waals surface area contributed by atoms with Crippen LogP contribution in [0.15, 0.2) is 11.4 Å². The summed E-state index contributed by atoms with van der Waals surface area (Å²) in [6, 6.07) is 1.54. The number of thiophene rings is 1. The molecule has 4 fully saturated rings. The van der Waals surface area contributed by atoms with E-state index in [-0.39, 0.29) is 23.0 Å². The van der Waals surface area contributed by atoms with Crippen molar-refractivity contribution in [3.05, 3.63) is 17.0 Å². The second kappa shape index (κ2) is 7.37. The van der Waals surface area contributed by atoms with Gasteiger partial charge in [0.1, 0.15) is 5.00 Å². The second-order valence-corrected chi connectivity index (χ2v) is 10.2. The van der Waals surface area contributed by atoms with Gasteiger partial charge < -0.3 is 21.1 Å². The van der Waals surface area contributed by atoms with E-state index in [1.54, 1.807) is 5.38 Å². The molecule has 9 heteroatoms. The van der Waals surface area contributed by atoms with Gasteiger partial charge in [-0.2, -0.15) is 0 Å². The number of esters is 1. The maximum atomic E-state index is 13.2. The van der Waals surface area contributed by atoms with E-state index in [9.17, 15) is 19.2 Å². The van der Waals surface area contributed by atoms with Gasteiger partial charge in [0.25, 0.3) is 11.8 Å². The van der Waals surface area contributed by atoms with Crippen molar-refractivity contribution < 1.29 is 23.9 Å². The van der Waals surface area contributed by atoms with Crippen molar-refractivity contribution in [3.63, 3.8) is 0 Å². The molecule has 0 aromatic carbocycles. The fourth-order valence-corrected chi connectivity index (χ4v) is 6.97. The van der Waals surface area contributed by atoms with Crippen LogP contribution in [-0.2, 0) is 19.1 Å². The molecule has 8 nitrogen and oxygen atoms in total. The fourth-order valence-electron chi connectivity index (χ4n) is 6.17. The first-order chi connectivity index (χ1) is 14.1. The van der Waals surface area contributed by atoms with E-state index >= 15 is 0 Å². The summed E-state index contributed by atoms with van der Waals surface area (Å²) in [4.78, 5) is 49.0. The van der Waals surface area contributed by atoms with Crippen molar-refractivity contribution in [1.82, 2.24) is 5.32 Å². The molecule has 3 amide bonds. The minimum atomic E-state index is -1.01. The lowest BCUT2D eigenvalue weighted by molar-refractivity contribution is -0.181. The van der Waals surface area contributed by atoms with Gasteiger partial charge in [0.2, 0.25) is 5.91 Å². The first-order valence-electron chi connectivity index (χ1n) is 10.3. The second-order valence-electron chi connectivity index (χ2n) is 9.27. The van der Waals surface area contributed by atoms with E-state index in [1.165, 1.54) is 31.3 Å². The quantitative estimate of drug-likeness (QED) is 0.593. The first-order valence-corrected chi connectivity index (χ1v) is 11.2. The van der Waals surface area contributed by atoms with Crippen LogP contribution in [0.5, 0.6) is 0 Å². The Labute approximate surface area is 178 Å². The Balaban J connectivity index is 1.45. The summed E-state index contributed by atoms with van der Waals surface area (Å²) >= 11 is 1.18. The van der Waals surface area contributed by atoms with E-state index in [0.717, 1.165) is 32.1 Å². The Bertz CT molecular complexity index is 896. The number of anilines is 1. The van der Waals surface area contributed by atoms with Crippen LogP contribution in [-0.4, -0.2) is 35.3 Å². The van der Waals surface area contributed by atoms with E-state index in [4.69, 9.17) is 10.5 Å². The van der Waals surface area contributed by atoms with Gasteiger partial charge in [-0.3, -0.25) is 19.2 Å². The monoisotopic (exact) mass is 433 g/mol. The van der Waals surface area contributed by atoms with E-state index < -0.39 is 23.3 Å². The molecule has 1 aromatic heterocycles. The molecule has 30 heavy (non-hydrogen) atoms. The van der Waals surface area contributed by atoms with Crippen molar-refractivity contribution in [1.29, 1.82) is 0 Å². The molecule has 5 rings (SSSR count). The molecule has 1 aromatic rings. The van der Waals surface area contributed by atoms with Crippen LogP contribution in [0.1, 0.15) is 62.7 Å². The molecule has 4 aliphatic rings. The molecule has 0 saturated heterocycles. The van der Waals surface area contributed by atoms with Crippen molar-refractivity contribution in [2.75, 3.05) is 5.32 Å². The number of amides is 3. The molecule has 2 unspecified atom stereocenters.